The van der Waals surface area contributed by atoms with Crippen molar-refractivity contribution in [2.75, 3.05) is 7.05 Å². The second-order valence-corrected chi connectivity index (χ2v) is 8.25. The van der Waals surface area contributed by atoms with Crippen molar-refractivity contribution >= 4 is 29.8 Å². The molecule has 0 amide bonds. The molecule has 8 heteroatoms. The minimum Gasteiger partial charge on any atom is -0.387 e. The van der Waals surface area contributed by atoms with E-state index in [0.29, 0.717) is 10.8 Å². The molecule has 4 rings (SSSR count). The van der Waals surface area contributed by atoms with Crippen LogP contribution in [0.1, 0.15) is 42.9 Å². The minimum absolute atomic E-state index is 0.0695. The van der Waals surface area contributed by atoms with Gasteiger partial charge in [0.1, 0.15) is 30.2 Å². The normalized spacial score (nSPS) is 31.6. The molecule has 7 nitrogen and oxygen atoms in total. The van der Waals surface area contributed by atoms with Gasteiger partial charge in [-0.2, -0.15) is 0 Å². The number of aliphatic hydroxyl groups excluding tert-OH is 2. The zero-order valence-corrected chi connectivity index (χ0v) is 18.0. The van der Waals surface area contributed by atoms with Crippen molar-refractivity contribution in [2.24, 2.45) is 9.98 Å². The van der Waals surface area contributed by atoms with Crippen LogP contribution in [0.4, 0.5) is 5.82 Å². The Morgan fingerprint density at radius 3 is 2.70 bits per heavy atom. The molecule has 2 aliphatic heterocycles. The Bertz CT molecular complexity index is 989. The standard InChI is InChI=1S/C22H26ClN3O4/c1-11-9-13-10-14(23)5-6-16(13)19(29-11)20-17(27)18(28)22(30-20)26-8-7-15(12(2)24-3)21(26)25-4/h5-8,10-11,17-20,22,27-28H,4,9H2,1-3H3/t11?,17-,18+,19+,20-,22+/m0/s1. The number of fused-ring (bicyclic) bond motifs is 1. The fraction of sp³-hybridized carbons (Fsp3) is 0.455. The third-order valence-corrected chi connectivity index (χ3v) is 6.14. The maximum atomic E-state index is 10.9. The Morgan fingerprint density at radius 2 is 2.00 bits per heavy atom. The predicted octanol–water partition coefficient (Wildman–Crippen LogP) is 3.23. The zero-order valence-electron chi connectivity index (χ0n) is 17.2. The van der Waals surface area contributed by atoms with Crippen molar-refractivity contribution in [1.82, 2.24) is 4.57 Å². The van der Waals surface area contributed by atoms with Gasteiger partial charge in [0.15, 0.2) is 6.23 Å². The van der Waals surface area contributed by atoms with Gasteiger partial charge in [-0.3, -0.25) is 4.99 Å². The van der Waals surface area contributed by atoms with Crippen LogP contribution >= 0.6 is 11.6 Å². The summed E-state index contributed by atoms with van der Waals surface area (Å²) in [5.41, 5.74) is 3.56. The summed E-state index contributed by atoms with van der Waals surface area (Å²) in [6, 6.07) is 7.46. The SMILES string of the molecule is C=Nc1c(C(C)=NC)ccn1[C@@H]1O[C@H]([C@@H]2OC(C)Cc3cc(Cl)ccc32)[C@@H](O)[C@H]1O. The Kier molecular flexibility index (Phi) is 5.83. The van der Waals surface area contributed by atoms with Gasteiger partial charge in [0, 0.05) is 29.5 Å². The Labute approximate surface area is 180 Å². The summed E-state index contributed by atoms with van der Waals surface area (Å²) in [5.74, 6) is 0.528. The molecule has 0 aliphatic carbocycles. The van der Waals surface area contributed by atoms with Crippen LogP contribution in [0.2, 0.25) is 5.02 Å². The predicted molar refractivity (Wildman–Crippen MR) is 116 cm³/mol. The van der Waals surface area contributed by atoms with E-state index in [1.165, 1.54) is 0 Å². The summed E-state index contributed by atoms with van der Waals surface area (Å²) in [5, 5.41) is 22.4. The Balaban J connectivity index is 1.69. The van der Waals surface area contributed by atoms with E-state index in [9.17, 15) is 10.2 Å². The Hall–Kier alpha value is -2.03. The smallest absolute Gasteiger partial charge is 0.164 e. The number of halogens is 1. The molecule has 30 heavy (non-hydrogen) atoms. The van der Waals surface area contributed by atoms with Crippen LogP contribution in [0, 0.1) is 0 Å². The molecule has 2 N–H and O–H groups in total. The van der Waals surface area contributed by atoms with Gasteiger partial charge < -0.3 is 24.3 Å². The Morgan fingerprint density at radius 1 is 1.23 bits per heavy atom. The second-order valence-electron chi connectivity index (χ2n) is 7.81. The fourth-order valence-electron chi connectivity index (χ4n) is 4.34. The lowest BCUT2D eigenvalue weighted by molar-refractivity contribution is -0.133. The molecule has 1 aromatic heterocycles. The summed E-state index contributed by atoms with van der Waals surface area (Å²) < 4.78 is 14.0. The molecule has 1 unspecified atom stereocenters. The largest absolute Gasteiger partial charge is 0.387 e. The molecule has 1 aromatic carbocycles. The van der Waals surface area contributed by atoms with Crippen LogP contribution in [-0.4, -0.2) is 58.7 Å². The molecule has 0 radical (unpaired) electrons. The topological polar surface area (TPSA) is 88.6 Å². The molecular weight excluding hydrogens is 406 g/mol. The van der Waals surface area contributed by atoms with Crippen molar-refractivity contribution in [3.8, 4) is 0 Å². The first kappa shape index (κ1) is 21.2. The van der Waals surface area contributed by atoms with Crippen molar-refractivity contribution in [2.45, 2.75) is 57.0 Å². The maximum absolute atomic E-state index is 10.9. The van der Waals surface area contributed by atoms with Gasteiger partial charge >= 0.3 is 0 Å². The van der Waals surface area contributed by atoms with E-state index in [1.807, 2.05) is 32.0 Å². The average molecular weight is 432 g/mol. The highest BCUT2D eigenvalue weighted by atomic mass is 35.5. The van der Waals surface area contributed by atoms with Crippen LogP contribution in [0.3, 0.4) is 0 Å². The van der Waals surface area contributed by atoms with Crippen molar-refractivity contribution in [3.05, 3.63) is 52.2 Å². The number of nitrogens with zero attached hydrogens (tertiary/aromatic N) is 3. The number of benzene rings is 1. The quantitative estimate of drug-likeness (QED) is 0.727. The highest BCUT2D eigenvalue weighted by Gasteiger charge is 2.50. The van der Waals surface area contributed by atoms with E-state index in [0.717, 1.165) is 28.8 Å². The van der Waals surface area contributed by atoms with Gasteiger partial charge in [-0.15, -0.1) is 0 Å². The lowest BCUT2D eigenvalue weighted by Crippen LogP contribution is -2.39. The van der Waals surface area contributed by atoms with E-state index < -0.39 is 30.6 Å². The third kappa shape index (κ3) is 3.50. The number of rotatable bonds is 4. The van der Waals surface area contributed by atoms with Gasteiger partial charge in [0.25, 0.3) is 0 Å². The minimum atomic E-state index is -1.16. The van der Waals surface area contributed by atoms with Crippen LogP contribution in [0.25, 0.3) is 0 Å². The van der Waals surface area contributed by atoms with E-state index >= 15 is 0 Å². The van der Waals surface area contributed by atoms with E-state index in [-0.39, 0.29) is 6.10 Å². The third-order valence-electron chi connectivity index (χ3n) is 5.91. The molecule has 160 valence electrons. The molecule has 6 atom stereocenters. The summed E-state index contributed by atoms with van der Waals surface area (Å²) >= 11 is 6.17. The molecule has 0 bridgehead atoms. The van der Waals surface area contributed by atoms with E-state index in [2.05, 4.69) is 16.7 Å². The molecule has 1 fully saturated rings. The first-order valence-electron chi connectivity index (χ1n) is 9.92. The lowest BCUT2D eigenvalue weighted by Gasteiger charge is -2.35. The van der Waals surface area contributed by atoms with Gasteiger partial charge in [-0.25, -0.2) is 4.99 Å². The van der Waals surface area contributed by atoms with Gasteiger partial charge in [-0.05, 0) is 56.3 Å². The van der Waals surface area contributed by atoms with Gasteiger partial charge in [-0.1, -0.05) is 17.7 Å². The number of hydrogen-bond donors (Lipinski definition) is 2. The summed E-state index contributed by atoms with van der Waals surface area (Å²) in [6.45, 7) is 7.49. The zero-order chi connectivity index (χ0) is 21.6. The first-order valence-corrected chi connectivity index (χ1v) is 10.3. The summed E-state index contributed by atoms with van der Waals surface area (Å²) in [7, 11) is 1.70. The first-order chi connectivity index (χ1) is 14.3. The molecule has 0 spiro atoms. The summed E-state index contributed by atoms with van der Waals surface area (Å²) in [4.78, 5) is 8.31. The lowest BCUT2D eigenvalue weighted by atomic mass is 9.90. The molecule has 2 aromatic rings. The molecular formula is C22H26ClN3O4. The van der Waals surface area contributed by atoms with Crippen molar-refractivity contribution in [3.63, 3.8) is 0 Å². The molecule has 2 aliphatic rings. The van der Waals surface area contributed by atoms with Crippen LogP contribution in [0.5, 0.6) is 0 Å². The number of ether oxygens (including phenoxy) is 2. The van der Waals surface area contributed by atoms with Crippen LogP contribution in [0.15, 0.2) is 40.4 Å². The number of hydrogen-bond acceptors (Lipinski definition) is 6. The highest BCUT2D eigenvalue weighted by molar-refractivity contribution is 6.30. The van der Waals surface area contributed by atoms with Gasteiger partial charge in [0.2, 0.25) is 0 Å². The molecule has 3 heterocycles. The van der Waals surface area contributed by atoms with Crippen LogP contribution in [-0.2, 0) is 15.9 Å². The molecule has 1 saturated heterocycles. The fourth-order valence-corrected chi connectivity index (χ4v) is 4.54. The second kappa shape index (κ2) is 8.24. The number of aromatic nitrogens is 1. The average Bonchev–Trinajstić information content (AvgIpc) is 3.27. The monoisotopic (exact) mass is 431 g/mol. The van der Waals surface area contributed by atoms with Gasteiger partial charge in [0.05, 0.1) is 6.10 Å². The maximum Gasteiger partial charge on any atom is 0.164 e. The van der Waals surface area contributed by atoms with Crippen LogP contribution < -0.4 is 0 Å². The molecule has 0 saturated carbocycles. The van der Waals surface area contributed by atoms with Crippen molar-refractivity contribution < 1.29 is 19.7 Å². The van der Waals surface area contributed by atoms with E-state index in [1.54, 1.807) is 23.9 Å². The highest BCUT2D eigenvalue weighted by Crippen LogP contribution is 2.43. The van der Waals surface area contributed by atoms with Crippen molar-refractivity contribution in [1.29, 1.82) is 0 Å². The summed E-state index contributed by atoms with van der Waals surface area (Å²) in [6.07, 6.45) is -2.00. The number of aliphatic imine (C=N–C) groups is 2. The number of aliphatic hydroxyl groups is 2. The van der Waals surface area contributed by atoms with E-state index in [4.69, 9.17) is 21.1 Å².